The van der Waals surface area contributed by atoms with Gasteiger partial charge in [0, 0.05) is 5.56 Å². The van der Waals surface area contributed by atoms with Crippen LogP contribution in [0.4, 0.5) is 8.78 Å². The van der Waals surface area contributed by atoms with E-state index in [0.717, 1.165) is 13.0 Å². The zero-order valence-corrected chi connectivity index (χ0v) is 8.32. The highest BCUT2D eigenvalue weighted by molar-refractivity contribution is 5.19. The van der Waals surface area contributed by atoms with Crippen molar-refractivity contribution < 1.29 is 8.78 Å². The fourth-order valence-electron chi connectivity index (χ4n) is 1.29. The Balaban J connectivity index is 2.49. The van der Waals surface area contributed by atoms with Crippen molar-refractivity contribution in [2.24, 2.45) is 0 Å². The van der Waals surface area contributed by atoms with Crippen LogP contribution < -0.4 is 5.32 Å². The normalized spacial score (nSPS) is 10.5. The van der Waals surface area contributed by atoms with Gasteiger partial charge in [0.05, 0.1) is 0 Å². The first kappa shape index (κ1) is 11.1. The summed E-state index contributed by atoms with van der Waals surface area (Å²) in [6.07, 6.45) is 1.43. The molecule has 1 N–H and O–H groups in total. The molecule has 0 fully saturated rings. The smallest absolute Gasteiger partial charge is 0.129 e. The van der Waals surface area contributed by atoms with E-state index < -0.39 is 11.6 Å². The van der Waals surface area contributed by atoms with Gasteiger partial charge in [-0.1, -0.05) is 13.0 Å². The molecule has 0 radical (unpaired) electrons. The third-order valence-electron chi connectivity index (χ3n) is 2.04. The van der Waals surface area contributed by atoms with Gasteiger partial charge in [0.2, 0.25) is 0 Å². The van der Waals surface area contributed by atoms with Gasteiger partial charge in [-0.05, 0) is 38.1 Å². The maximum absolute atomic E-state index is 13.1. The molecule has 0 atom stereocenters. The lowest BCUT2D eigenvalue weighted by molar-refractivity contribution is 0.546. The largest absolute Gasteiger partial charge is 0.316 e. The average molecular weight is 199 g/mol. The lowest BCUT2D eigenvalue weighted by atomic mass is 10.1. The molecule has 3 heteroatoms. The van der Waals surface area contributed by atoms with Crippen LogP contribution in [0.2, 0.25) is 0 Å². The van der Waals surface area contributed by atoms with Gasteiger partial charge in [-0.15, -0.1) is 0 Å². The van der Waals surface area contributed by atoms with Gasteiger partial charge in [0.25, 0.3) is 0 Å². The molecule has 0 aliphatic heterocycles. The van der Waals surface area contributed by atoms with E-state index in [2.05, 4.69) is 12.2 Å². The molecule has 0 aromatic heterocycles. The van der Waals surface area contributed by atoms with Gasteiger partial charge >= 0.3 is 0 Å². The number of hydrogen-bond donors (Lipinski definition) is 1. The summed E-state index contributed by atoms with van der Waals surface area (Å²) in [7, 11) is 0. The highest BCUT2D eigenvalue weighted by atomic mass is 19.1. The summed E-state index contributed by atoms with van der Waals surface area (Å²) in [5.74, 6) is -0.911. The van der Waals surface area contributed by atoms with Crippen molar-refractivity contribution in [3.8, 4) is 0 Å². The van der Waals surface area contributed by atoms with E-state index in [-0.39, 0.29) is 5.56 Å². The van der Waals surface area contributed by atoms with Crippen molar-refractivity contribution in [2.75, 3.05) is 13.1 Å². The monoisotopic (exact) mass is 199 g/mol. The summed E-state index contributed by atoms with van der Waals surface area (Å²) < 4.78 is 26.2. The fraction of sp³-hybridized carbons (Fsp3) is 0.455. The molecule has 0 heterocycles. The van der Waals surface area contributed by atoms with Crippen LogP contribution in [0.15, 0.2) is 18.2 Å². The summed E-state index contributed by atoms with van der Waals surface area (Å²) in [6.45, 7) is 3.55. The van der Waals surface area contributed by atoms with E-state index >= 15 is 0 Å². The van der Waals surface area contributed by atoms with E-state index in [1.165, 1.54) is 18.2 Å². The summed E-state index contributed by atoms with van der Waals surface area (Å²) in [6, 6.07) is 3.96. The summed E-state index contributed by atoms with van der Waals surface area (Å²) in [4.78, 5) is 0. The molecule has 0 saturated carbocycles. The maximum Gasteiger partial charge on any atom is 0.129 e. The van der Waals surface area contributed by atoms with E-state index in [4.69, 9.17) is 0 Å². The quantitative estimate of drug-likeness (QED) is 0.718. The van der Waals surface area contributed by atoms with E-state index in [1.54, 1.807) is 0 Å². The van der Waals surface area contributed by atoms with Crippen molar-refractivity contribution >= 4 is 0 Å². The topological polar surface area (TPSA) is 12.0 Å². The first-order valence-electron chi connectivity index (χ1n) is 4.89. The fourth-order valence-corrected chi connectivity index (χ4v) is 1.29. The summed E-state index contributed by atoms with van der Waals surface area (Å²) in [5.41, 5.74) is 0.177. The second kappa shape index (κ2) is 5.70. The van der Waals surface area contributed by atoms with Gasteiger partial charge in [0.15, 0.2) is 0 Å². The van der Waals surface area contributed by atoms with E-state index in [0.29, 0.717) is 13.0 Å². The summed E-state index contributed by atoms with van der Waals surface area (Å²) in [5, 5.41) is 3.10. The molecule has 1 aromatic rings. The van der Waals surface area contributed by atoms with Crippen molar-refractivity contribution in [3.05, 3.63) is 35.4 Å². The molecule has 0 bridgehead atoms. The predicted octanol–water partition coefficient (Wildman–Crippen LogP) is 2.51. The van der Waals surface area contributed by atoms with Crippen molar-refractivity contribution in [1.82, 2.24) is 5.32 Å². The third-order valence-corrected chi connectivity index (χ3v) is 2.04. The molecule has 0 aliphatic rings. The molecule has 0 unspecified atom stereocenters. The molecule has 78 valence electrons. The first-order chi connectivity index (χ1) is 6.75. The first-order valence-corrected chi connectivity index (χ1v) is 4.89. The van der Waals surface area contributed by atoms with E-state index in [1.807, 2.05) is 0 Å². The minimum atomic E-state index is -0.455. The van der Waals surface area contributed by atoms with Gasteiger partial charge in [-0.25, -0.2) is 8.78 Å². The maximum atomic E-state index is 13.1. The van der Waals surface area contributed by atoms with Gasteiger partial charge in [-0.3, -0.25) is 0 Å². The van der Waals surface area contributed by atoms with Crippen molar-refractivity contribution in [2.45, 2.75) is 19.8 Å². The van der Waals surface area contributed by atoms with E-state index in [9.17, 15) is 8.78 Å². The third kappa shape index (κ3) is 3.07. The zero-order chi connectivity index (χ0) is 10.4. The Hall–Kier alpha value is -0.960. The molecule has 0 aliphatic carbocycles. The molecule has 0 amide bonds. The average Bonchev–Trinajstić information content (AvgIpc) is 2.16. The minimum absolute atomic E-state index is 0.177. The number of rotatable bonds is 5. The van der Waals surface area contributed by atoms with Crippen LogP contribution in [0, 0.1) is 11.6 Å². The second-order valence-corrected chi connectivity index (χ2v) is 3.20. The van der Waals surface area contributed by atoms with Crippen LogP contribution >= 0.6 is 0 Å². The Morgan fingerprint density at radius 2 is 1.79 bits per heavy atom. The highest BCUT2D eigenvalue weighted by Gasteiger charge is 2.06. The Morgan fingerprint density at radius 1 is 1.14 bits per heavy atom. The number of halogens is 2. The molecular formula is C11H15F2N. The highest BCUT2D eigenvalue weighted by Crippen LogP contribution is 2.11. The molecule has 0 saturated heterocycles. The van der Waals surface area contributed by atoms with Crippen LogP contribution in [0.25, 0.3) is 0 Å². The number of nitrogens with one attached hydrogen (secondary N) is 1. The molecular weight excluding hydrogens is 184 g/mol. The van der Waals surface area contributed by atoms with Gasteiger partial charge in [0.1, 0.15) is 11.6 Å². The molecule has 1 nitrogen and oxygen atoms in total. The van der Waals surface area contributed by atoms with Crippen LogP contribution in [0.5, 0.6) is 0 Å². The predicted molar refractivity (Wildman–Crippen MR) is 53.2 cm³/mol. The van der Waals surface area contributed by atoms with Crippen LogP contribution in [0.3, 0.4) is 0 Å². The molecule has 1 aromatic carbocycles. The van der Waals surface area contributed by atoms with Crippen LogP contribution in [-0.4, -0.2) is 13.1 Å². The lowest BCUT2D eigenvalue weighted by Gasteiger charge is -2.05. The molecule has 1 rings (SSSR count). The van der Waals surface area contributed by atoms with Crippen LogP contribution in [-0.2, 0) is 6.42 Å². The lowest BCUT2D eigenvalue weighted by Crippen LogP contribution is -2.18. The Kier molecular flexibility index (Phi) is 4.53. The minimum Gasteiger partial charge on any atom is -0.316 e. The van der Waals surface area contributed by atoms with Gasteiger partial charge in [-0.2, -0.15) is 0 Å². The second-order valence-electron chi connectivity index (χ2n) is 3.20. The van der Waals surface area contributed by atoms with Crippen molar-refractivity contribution in [1.29, 1.82) is 0 Å². The van der Waals surface area contributed by atoms with Crippen molar-refractivity contribution in [3.63, 3.8) is 0 Å². The summed E-state index contributed by atoms with van der Waals surface area (Å²) >= 11 is 0. The zero-order valence-electron chi connectivity index (χ0n) is 8.32. The Labute approximate surface area is 83.1 Å². The number of hydrogen-bond acceptors (Lipinski definition) is 1. The molecule has 14 heavy (non-hydrogen) atoms. The standard InChI is InChI=1S/C11H15F2N/c1-2-7-14-8-6-9-10(12)4-3-5-11(9)13/h3-5,14H,2,6-8H2,1H3. The Morgan fingerprint density at radius 3 is 2.36 bits per heavy atom. The molecule has 0 spiro atoms. The Bertz CT molecular complexity index is 266. The van der Waals surface area contributed by atoms with Crippen LogP contribution in [0.1, 0.15) is 18.9 Å². The number of benzene rings is 1. The van der Waals surface area contributed by atoms with Gasteiger partial charge < -0.3 is 5.32 Å². The SMILES string of the molecule is CCCNCCc1c(F)cccc1F.